The van der Waals surface area contributed by atoms with Crippen molar-refractivity contribution in [3.63, 3.8) is 0 Å². The molecule has 9 heteroatoms. The second kappa shape index (κ2) is 11.3. The molecule has 152 valence electrons. The Morgan fingerprint density at radius 3 is 2.40 bits per heavy atom. The Morgan fingerprint density at radius 2 is 1.80 bits per heavy atom. The molecule has 4 nitrogen and oxygen atoms in total. The summed E-state index contributed by atoms with van der Waals surface area (Å²) >= 11 is 0. The summed E-state index contributed by atoms with van der Waals surface area (Å²) in [4.78, 5) is 14.0. The SMILES string of the molecule is N#Cc1ccc([C@@H]2CN(C(=O)OCc3ccccc3)CC[C@H]2C[B-](F)(F)F)cc1.[K+]. The first-order valence-electron chi connectivity index (χ1n) is 9.52. The maximum atomic E-state index is 13.1. The predicted octanol–water partition coefficient (Wildman–Crippen LogP) is 2.15. The summed E-state index contributed by atoms with van der Waals surface area (Å²) in [6.07, 6.45) is -1.10. The Bertz CT molecular complexity index is 873. The minimum Gasteiger partial charge on any atom is -0.449 e. The van der Waals surface area contributed by atoms with Crippen molar-refractivity contribution >= 4 is 13.1 Å². The van der Waals surface area contributed by atoms with E-state index < -0.39 is 31.2 Å². The van der Waals surface area contributed by atoms with E-state index in [4.69, 9.17) is 10.00 Å². The molecular formula is C21H21BF3KN2O2. The number of carbonyl (C=O) groups is 1. The van der Waals surface area contributed by atoms with Gasteiger partial charge in [0.15, 0.2) is 0 Å². The molecule has 0 aromatic heterocycles. The smallest absolute Gasteiger partial charge is 0.449 e. The number of ether oxygens (including phenoxy) is 1. The van der Waals surface area contributed by atoms with E-state index in [0.717, 1.165) is 5.56 Å². The standard InChI is InChI=1S/C21H21BF3N2O2.K/c23-22(24,25)12-19-10-11-27(21(28)29-15-17-4-2-1-3-5-17)14-20(19)18-8-6-16(13-26)7-9-18;/h1-9,19-20H,10-12,14-15H2;/q-1;+1/t19-,20-;/m0./s1. The van der Waals surface area contributed by atoms with Gasteiger partial charge in [-0.15, -0.1) is 0 Å². The number of likely N-dealkylation sites (tertiary alicyclic amines) is 1. The van der Waals surface area contributed by atoms with Crippen LogP contribution >= 0.6 is 0 Å². The first kappa shape index (κ1) is 25.0. The monoisotopic (exact) mass is 440 g/mol. The Hall–Kier alpha value is -1.31. The first-order valence-corrected chi connectivity index (χ1v) is 9.52. The van der Waals surface area contributed by atoms with Gasteiger partial charge in [-0.1, -0.05) is 54.7 Å². The van der Waals surface area contributed by atoms with E-state index in [2.05, 4.69) is 0 Å². The summed E-state index contributed by atoms with van der Waals surface area (Å²) in [5.41, 5.74) is 1.99. The average Bonchev–Trinajstić information content (AvgIpc) is 2.72. The molecule has 0 radical (unpaired) electrons. The van der Waals surface area contributed by atoms with Gasteiger partial charge in [0.2, 0.25) is 0 Å². The summed E-state index contributed by atoms with van der Waals surface area (Å²) in [6.45, 7) is -4.42. The van der Waals surface area contributed by atoms with Crippen molar-refractivity contribution in [3.05, 3.63) is 71.3 Å². The zero-order valence-corrected chi connectivity index (χ0v) is 19.9. The van der Waals surface area contributed by atoms with Crippen LogP contribution in [0.3, 0.4) is 0 Å². The number of benzene rings is 2. The normalized spacial score (nSPS) is 18.8. The molecule has 0 unspecified atom stereocenters. The van der Waals surface area contributed by atoms with Gasteiger partial charge in [0.25, 0.3) is 0 Å². The number of rotatable bonds is 5. The molecule has 1 fully saturated rings. The topological polar surface area (TPSA) is 53.3 Å². The van der Waals surface area contributed by atoms with Crippen LogP contribution in [0.5, 0.6) is 0 Å². The Kier molecular flexibility index (Phi) is 9.44. The molecule has 1 heterocycles. The van der Waals surface area contributed by atoms with E-state index in [1.807, 2.05) is 36.4 Å². The van der Waals surface area contributed by atoms with Crippen LogP contribution in [-0.2, 0) is 11.3 Å². The predicted molar refractivity (Wildman–Crippen MR) is 104 cm³/mol. The molecule has 0 bridgehead atoms. The van der Waals surface area contributed by atoms with Gasteiger partial charge in [0, 0.05) is 19.0 Å². The third kappa shape index (κ3) is 7.13. The van der Waals surface area contributed by atoms with Crippen LogP contribution in [0.15, 0.2) is 54.6 Å². The zero-order valence-electron chi connectivity index (χ0n) is 16.8. The second-order valence-corrected chi connectivity index (χ2v) is 7.32. The molecule has 0 N–H and O–H groups in total. The molecule has 2 atom stereocenters. The first-order chi connectivity index (χ1) is 13.9. The largest absolute Gasteiger partial charge is 1.00 e. The van der Waals surface area contributed by atoms with Crippen molar-refractivity contribution in [2.45, 2.75) is 25.3 Å². The summed E-state index contributed by atoms with van der Waals surface area (Å²) in [6, 6.07) is 17.8. The Morgan fingerprint density at radius 1 is 1.13 bits per heavy atom. The molecule has 1 aliphatic rings. The van der Waals surface area contributed by atoms with E-state index in [9.17, 15) is 17.7 Å². The number of hydrogen-bond acceptors (Lipinski definition) is 3. The minimum atomic E-state index is -4.93. The van der Waals surface area contributed by atoms with Crippen LogP contribution in [0, 0.1) is 17.2 Å². The fraction of sp³-hybridized carbons (Fsp3) is 0.333. The Balaban J connectivity index is 0.00000320. The second-order valence-electron chi connectivity index (χ2n) is 7.32. The molecule has 1 amide bonds. The minimum absolute atomic E-state index is 0. The van der Waals surface area contributed by atoms with E-state index in [-0.39, 0.29) is 77.5 Å². The van der Waals surface area contributed by atoms with Crippen LogP contribution in [0.25, 0.3) is 0 Å². The molecule has 0 spiro atoms. The maximum Gasteiger partial charge on any atom is 1.00 e. The fourth-order valence-electron chi connectivity index (χ4n) is 3.78. The average molecular weight is 440 g/mol. The fourth-order valence-corrected chi connectivity index (χ4v) is 3.78. The third-order valence-corrected chi connectivity index (χ3v) is 5.26. The summed E-state index contributed by atoms with van der Waals surface area (Å²) in [5, 5.41) is 8.95. The number of halogens is 3. The van der Waals surface area contributed by atoms with Crippen molar-refractivity contribution in [2.24, 2.45) is 5.92 Å². The van der Waals surface area contributed by atoms with Gasteiger partial charge in [-0.05, 0) is 29.7 Å². The number of piperidine rings is 1. The van der Waals surface area contributed by atoms with E-state index in [0.29, 0.717) is 11.1 Å². The van der Waals surface area contributed by atoms with Crippen molar-refractivity contribution in [1.29, 1.82) is 5.26 Å². The number of hydrogen-bond donors (Lipinski definition) is 0. The quantitative estimate of drug-likeness (QED) is 0.670. The van der Waals surface area contributed by atoms with Crippen LogP contribution in [0.4, 0.5) is 17.7 Å². The zero-order chi connectivity index (χ0) is 20.9. The van der Waals surface area contributed by atoms with Gasteiger partial charge in [-0.25, -0.2) is 4.79 Å². The van der Waals surface area contributed by atoms with Gasteiger partial charge < -0.3 is 22.6 Å². The van der Waals surface area contributed by atoms with Crippen molar-refractivity contribution < 1.29 is 73.9 Å². The van der Waals surface area contributed by atoms with Gasteiger partial charge >= 0.3 is 64.5 Å². The summed E-state index contributed by atoms with van der Waals surface area (Å²) in [5.74, 6) is -1.05. The van der Waals surface area contributed by atoms with Crippen molar-refractivity contribution in [1.82, 2.24) is 4.90 Å². The number of amides is 1. The van der Waals surface area contributed by atoms with Crippen LogP contribution in [-0.4, -0.2) is 31.1 Å². The van der Waals surface area contributed by atoms with Crippen LogP contribution in [0.2, 0.25) is 6.32 Å². The van der Waals surface area contributed by atoms with E-state index in [1.165, 1.54) is 4.90 Å². The third-order valence-electron chi connectivity index (χ3n) is 5.26. The maximum absolute atomic E-state index is 13.1. The molecule has 30 heavy (non-hydrogen) atoms. The Labute approximate surface area is 216 Å². The molecular weight excluding hydrogens is 419 g/mol. The number of carbonyl (C=O) groups excluding carboxylic acids is 1. The summed E-state index contributed by atoms with van der Waals surface area (Å²) in [7, 11) is 0. The molecule has 1 aliphatic heterocycles. The van der Waals surface area contributed by atoms with Crippen LogP contribution in [0.1, 0.15) is 29.0 Å². The molecule has 3 rings (SSSR count). The van der Waals surface area contributed by atoms with Crippen molar-refractivity contribution in [3.8, 4) is 6.07 Å². The van der Waals surface area contributed by atoms with E-state index in [1.54, 1.807) is 24.3 Å². The van der Waals surface area contributed by atoms with Gasteiger partial charge in [-0.3, -0.25) is 0 Å². The molecule has 2 aromatic carbocycles. The van der Waals surface area contributed by atoms with E-state index >= 15 is 0 Å². The summed E-state index contributed by atoms with van der Waals surface area (Å²) < 4.78 is 44.7. The number of nitriles is 1. The molecule has 2 aromatic rings. The molecule has 0 saturated carbocycles. The molecule has 1 saturated heterocycles. The van der Waals surface area contributed by atoms with Crippen LogP contribution < -0.4 is 51.4 Å². The van der Waals surface area contributed by atoms with Gasteiger partial charge in [0.05, 0.1) is 11.6 Å². The van der Waals surface area contributed by atoms with Gasteiger partial charge in [0.1, 0.15) is 6.61 Å². The van der Waals surface area contributed by atoms with Crippen molar-refractivity contribution in [2.75, 3.05) is 13.1 Å². The van der Waals surface area contributed by atoms with Gasteiger partial charge in [-0.2, -0.15) is 5.26 Å². The number of nitrogens with zero attached hydrogens (tertiary/aromatic N) is 2. The molecule has 0 aliphatic carbocycles.